The minimum Gasteiger partial charge on any atom is -0.388 e. The Labute approximate surface area is 188 Å². The minimum atomic E-state index is -1.19. The molecule has 5 heteroatoms. The van der Waals surface area contributed by atoms with Gasteiger partial charge in [-0.15, -0.1) is 0 Å². The summed E-state index contributed by atoms with van der Waals surface area (Å²) >= 11 is 0. The maximum Gasteiger partial charge on any atom is 0.224 e. The number of hydrogen-bond donors (Lipinski definition) is 1. The molecule has 0 aliphatic carbocycles. The smallest absolute Gasteiger partial charge is 0.224 e. The van der Waals surface area contributed by atoms with Crippen molar-refractivity contribution in [3.63, 3.8) is 0 Å². The van der Waals surface area contributed by atoms with Crippen LogP contribution in [0.4, 0.5) is 0 Å². The summed E-state index contributed by atoms with van der Waals surface area (Å²) < 4.78 is 25.1. The Hall–Kier alpha value is -2.54. The van der Waals surface area contributed by atoms with Crippen LogP contribution in [0.5, 0.6) is 0 Å². The molecule has 1 N–H and O–H groups in total. The van der Waals surface area contributed by atoms with Gasteiger partial charge in [0.15, 0.2) is 5.79 Å². The summed E-state index contributed by atoms with van der Waals surface area (Å²) in [4.78, 5) is 0. The van der Waals surface area contributed by atoms with Gasteiger partial charge >= 0.3 is 0 Å². The van der Waals surface area contributed by atoms with Crippen molar-refractivity contribution in [1.29, 1.82) is 0 Å². The molecule has 0 saturated carbocycles. The molecule has 3 aromatic rings. The van der Waals surface area contributed by atoms with Gasteiger partial charge in [-0.25, -0.2) is 0 Å². The van der Waals surface area contributed by atoms with Crippen molar-refractivity contribution in [1.82, 2.24) is 0 Å². The Morgan fingerprint density at radius 3 is 1.78 bits per heavy atom. The molecule has 0 unspecified atom stereocenters. The largest absolute Gasteiger partial charge is 0.388 e. The highest BCUT2D eigenvalue weighted by Gasteiger charge is 2.62. The van der Waals surface area contributed by atoms with Crippen LogP contribution in [0.1, 0.15) is 30.5 Å². The summed E-state index contributed by atoms with van der Waals surface area (Å²) in [6.45, 7) is 3.86. The van der Waals surface area contributed by atoms with E-state index in [1.54, 1.807) is 0 Å². The van der Waals surface area contributed by atoms with Crippen molar-refractivity contribution in [3.8, 4) is 0 Å². The third kappa shape index (κ3) is 3.56. The fourth-order valence-electron chi connectivity index (χ4n) is 4.82. The van der Waals surface area contributed by atoms with Crippen LogP contribution in [0.25, 0.3) is 0 Å². The molecule has 0 spiro atoms. The van der Waals surface area contributed by atoms with E-state index >= 15 is 0 Å². The van der Waals surface area contributed by atoms with E-state index < -0.39 is 29.4 Å². The lowest BCUT2D eigenvalue weighted by molar-refractivity contribution is -0.271. The van der Waals surface area contributed by atoms with E-state index in [-0.39, 0.29) is 13.2 Å². The van der Waals surface area contributed by atoms with E-state index in [9.17, 15) is 5.11 Å². The number of rotatable bonds is 6. The molecule has 0 aromatic heterocycles. The summed E-state index contributed by atoms with van der Waals surface area (Å²) in [5.41, 5.74) is 2.06. The molecule has 2 heterocycles. The Balaban J connectivity index is 1.63. The number of hydrogen-bond acceptors (Lipinski definition) is 5. The highest BCUT2D eigenvalue weighted by atomic mass is 16.9. The molecule has 0 bridgehead atoms. The van der Waals surface area contributed by atoms with Crippen molar-refractivity contribution in [2.75, 3.05) is 13.2 Å². The molecule has 5 nitrogen and oxygen atoms in total. The number of fused-ring (bicyclic) bond motifs is 1. The molecule has 2 aliphatic heterocycles. The normalized spacial score (nSPS) is 26.7. The van der Waals surface area contributed by atoms with Gasteiger partial charge in [-0.2, -0.15) is 0 Å². The first-order chi connectivity index (χ1) is 15.5. The van der Waals surface area contributed by atoms with Crippen LogP contribution in [0.3, 0.4) is 0 Å². The van der Waals surface area contributed by atoms with Crippen LogP contribution in [-0.4, -0.2) is 42.1 Å². The lowest BCUT2D eigenvalue weighted by atomic mass is 9.80. The van der Waals surface area contributed by atoms with E-state index in [0.29, 0.717) is 0 Å². The second-order valence-corrected chi connectivity index (χ2v) is 8.80. The van der Waals surface area contributed by atoms with E-state index in [0.717, 1.165) is 16.7 Å². The third-order valence-electron chi connectivity index (χ3n) is 6.14. The number of aliphatic hydroxyl groups is 1. The highest BCUT2D eigenvalue weighted by molar-refractivity contribution is 5.47. The molecule has 2 fully saturated rings. The fourth-order valence-corrected chi connectivity index (χ4v) is 4.82. The van der Waals surface area contributed by atoms with Crippen LogP contribution in [-0.2, 0) is 24.5 Å². The summed E-state index contributed by atoms with van der Waals surface area (Å²) in [6, 6.07) is 30.4. The number of aliphatic hydroxyl groups excluding tert-OH is 1. The van der Waals surface area contributed by atoms with Gasteiger partial charge < -0.3 is 24.1 Å². The number of benzene rings is 3. The van der Waals surface area contributed by atoms with Crippen molar-refractivity contribution in [2.45, 2.75) is 43.2 Å². The van der Waals surface area contributed by atoms with Gasteiger partial charge in [0.2, 0.25) is 5.79 Å². The zero-order valence-corrected chi connectivity index (χ0v) is 18.3. The monoisotopic (exact) mass is 432 g/mol. The molecule has 5 rings (SSSR count). The zero-order valence-electron chi connectivity index (χ0n) is 18.3. The molecule has 3 aromatic carbocycles. The van der Waals surface area contributed by atoms with Crippen LogP contribution < -0.4 is 0 Å². The fraction of sp³-hybridized carbons (Fsp3) is 0.333. The first kappa shape index (κ1) is 21.3. The molecule has 166 valence electrons. The topological polar surface area (TPSA) is 57.2 Å². The average molecular weight is 433 g/mol. The zero-order chi connectivity index (χ0) is 22.2. The lowest BCUT2D eigenvalue weighted by Gasteiger charge is -2.39. The van der Waals surface area contributed by atoms with E-state index in [2.05, 4.69) is 36.4 Å². The average Bonchev–Trinajstić information content (AvgIpc) is 3.26. The second kappa shape index (κ2) is 8.10. The minimum absolute atomic E-state index is 0.0802. The van der Waals surface area contributed by atoms with Gasteiger partial charge in [0.1, 0.15) is 24.4 Å². The molecule has 32 heavy (non-hydrogen) atoms. The Morgan fingerprint density at radius 2 is 1.31 bits per heavy atom. The molecule has 0 radical (unpaired) electrons. The quantitative estimate of drug-likeness (QED) is 0.591. The Kier molecular flexibility index (Phi) is 5.40. The highest BCUT2D eigenvalue weighted by Crippen LogP contribution is 2.47. The van der Waals surface area contributed by atoms with Gasteiger partial charge in [-0.3, -0.25) is 0 Å². The van der Waals surface area contributed by atoms with E-state index in [1.807, 2.05) is 68.4 Å². The van der Waals surface area contributed by atoms with Crippen molar-refractivity contribution in [2.24, 2.45) is 0 Å². The van der Waals surface area contributed by atoms with Crippen molar-refractivity contribution >= 4 is 0 Å². The van der Waals surface area contributed by atoms with Gasteiger partial charge in [0.05, 0.1) is 6.61 Å². The summed E-state index contributed by atoms with van der Waals surface area (Å²) in [7, 11) is 0. The standard InChI is InChI=1S/C27H28O5/c1-25(2)31-24-23(28)18-29-26(24,32-25)19-30-27(20-12-6-3-7-13-20,21-14-8-4-9-15-21)22-16-10-5-11-17-22/h3-17,23-24,28H,18-19H2,1-2H3/t23-,24-,26-/m0/s1. The van der Waals surface area contributed by atoms with Crippen LogP contribution >= 0.6 is 0 Å². The maximum atomic E-state index is 10.5. The van der Waals surface area contributed by atoms with Crippen LogP contribution in [0.2, 0.25) is 0 Å². The molecule has 2 saturated heterocycles. The van der Waals surface area contributed by atoms with Crippen LogP contribution in [0, 0.1) is 0 Å². The summed E-state index contributed by atoms with van der Waals surface area (Å²) in [5.74, 6) is -2.07. The molecule has 3 atom stereocenters. The van der Waals surface area contributed by atoms with Gasteiger partial charge in [0.25, 0.3) is 0 Å². The first-order valence-electron chi connectivity index (χ1n) is 11.0. The Morgan fingerprint density at radius 1 is 0.844 bits per heavy atom. The Bertz CT molecular complexity index is 941. The molecular formula is C27H28O5. The van der Waals surface area contributed by atoms with E-state index in [1.165, 1.54) is 0 Å². The second-order valence-electron chi connectivity index (χ2n) is 8.80. The van der Waals surface area contributed by atoms with Crippen molar-refractivity contribution in [3.05, 3.63) is 108 Å². The maximum absolute atomic E-state index is 10.5. The predicted octanol–water partition coefficient (Wildman–Crippen LogP) is 4.23. The number of ether oxygens (including phenoxy) is 4. The molecule has 2 aliphatic rings. The van der Waals surface area contributed by atoms with Gasteiger partial charge in [-0.05, 0) is 30.5 Å². The molecule has 0 amide bonds. The summed E-state index contributed by atoms with van der Waals surface area (Å²) in [5, 5.41) is 10.5. The SMILES string of the molecule is CC1(C)O[C@H]2[C@@H](O)CO[C@@]2(COC(c2ccccc2)(c2ccccc2)c2ccccc2)O1. The predicted molar refractivity (Wildman–Crippen MR) is 120 cm³/mol. The molecular weight excluding hydrogens is 404 g/mol. The summed E-state index contributed by atoms with van der Waals surface area (Å²) in [6.07, 6.45) is -1.41. The lowest BCUT2D eigenvalue weighted by Crippen LogP contribution is -2.48. The van der Waals surface area contributed by atoms with Crippen LogP contribution in [0.15, 0.2) is 91.0 Å². The van der Waals surface area contributed by atoms with E-state index in [4.69, 9.17) is 18.9 Å². The van der Waals surface area contributed by atoms with Gasteiger partial charge in [0, 0.05) is 0 Å². The van der Waals surface area contributed by atoms with Gasteiger partial charge in [-0.1, -0.05) is 91.0 Å². The van der Waals surface area contributed by atoms with Crippen molar-refractivity contribution < 1.29 is 24.1 Å². The third-order valence-corrected chi connectivity index (χ3v) is 6.14. The first-order valence-corrected chi connectivity index (χ1v) is 11.0.